The number of carboxylic acid groups (broad SMARTS) is 1. The Bertz CT molecular complexity index is 798. The van der Waals surface area contributed by atoms with Crippen molar-refractivity contribution in [3.63, 3.8) is 0 Å². The first-order valence-corrected chi connectivity index (χ1v) is 8.96. The maximum Gasteiger partial charge on any atom is 0.320 e. The van der Waals surface area contributed by atoms with Crippen molar-refractivity contribution in [2.75, 3.05) is 18.7 Å². The molecule has 2 aromatic heterocycles. The number of aromatic nitrogens is 4. The molecule has 3 heterocycles. The van der Waals surface area contributed by atoms with Crippen molar-refractivity contribution in [1.29, 1.82) is 0 Å². The van der Waals surface area contributed by atoms with Gasteiger partial charge in [0, 0.05) is 0 Å². The molecule has 1 unspecified atom stereocenters. The number of ether oxygens (including phenoxy) is 1. The molecule has 0 aliphatic carbocycles. The lowest BCUT2D eigenvalue weighted by Gasteiger charge is -2.30. The number of aliphatic carboxylic acids is 1. The summed E-state index contributed by atoms with van der Waals surface area (Å²) in [4.78, 5) is 23.0. The predicted molar refractivity (Wildman–Crippen MR) is 83.3 cm³/mol. The molecule has 12 heteroatoms. The quantitative estimate of drug-likeness (QED) is 0.625. The molecule has 3 rings (SSSR count). The molecule has 0 saturated carbocycles. The number of nitrogens with one attached hydrogen (secondary N) is 1. The Morgan fingerprint density at radius 3 is 3.04 bits per heavy atom. The van der Waals surface area contributed by atoms with Gasteiger partial charge in [-0.05, 0) is 6.92 Å². The summed E-state index contributed by atoms with van der Waals surface area (Å²) >= 11 is 0. The van der Waals surface area contributed by atoms with E-state index in [0.29, 0.717) is 17.7 Å². The second-order valence-electron chi connectivity index (χ2n) is 5.40. The highest BCUT2D eigenvalue weighted by Gasteiger charge is 2.34. The van der Waals surface area contributed by atoms with E-state index in [0.717, 1.165) is 0 Å². The van der Waals surface area contributed by atoms with Crippen molar-refractivity contribution in [2.24, 2.45) is 0 Å². The molecule has 1 fully saturated rings. The topological polar surface area (TPSA) is 154 Å². The number of rotatable bonds is 5. The number of nitrogens with zero attached hydrogens (tertiary/aromatic N) is 4. The van der Waals surface area contributed by atoms with Crippen molar-refractivity contribution >= 4 is 30.5 Å². The zero-order chi connectivity index (χ0) is 17.3. The van der Waals surface area contributed by atoms with Crippen LogP contribution in [-0.4, -0.2) is 55.7 Å². The summed E-state index contributed by atoms with van der Waals surface area (Å²) in [6.45, 7) is 1.82. The average molecular weight is 356 g/mol. The largest absolute Gasteiger partial charge is 0.480 e. The Morgan fingerprint density at radius 2 is 2.38 bits per heavy atom. The lowest BCUT2D eigenvalue weighted by molar-refractivity contribution is -0.138. The minimum Gasteiger partial charge on any atom is -0.480 e. The van der Waals surface area contributed by atoms with E-state index in [9.17, 15) is 9.36 Å². The lowest BCUT2D eigenvalue weighted by atomic mass is 10.3. The van der Waals surface area contributed by atoms with Crippen LogP contribution in [0.2, 0.25) is 0 Å². The molecule has 11 nitrogen and oxygen atoms in total. The second kappa shape index (κ2) is 6.44. The molecule has 1 aliphatic rings. The Labute approximate surface area is 136 Å². The van der Waals surface area contributed by atoms with Crippen LogP contribution in [0, 0.1) is 0 Å². The van der Waals surface area contributed by atoms with Gasteiger partial charge in [-0.15, -0.1) is 0 Å². The van der Waals surface area contributed by atoms with Crippen molar-refractivity contribution in [1.82, 2.24) is 24.6 Å². The van der Waals surface area contributed by atoms with Crippen molar-refractivity contribution in [2.45, 2.75) is 25.6 Å². The van der Waals surface area contributed by atoms with Crippen molar-refractivity contribution in [3.8, 4) is 0 Å². The number of fused-ring (bicyclic) bond motifs is 1. The number of carboxylic acids is 1. The van der Waals surface area contributed by atoms with Gasteiger partial charge in [0.2, 0.25) is 0 Å². The highest BCUT2D eigenvalue weighted by Crippen LogP contribution is 2.46. The van der Waals surface area contributed by atoms with Crippen molar-refractivity contribution < 1.29 is 23.7 Å². The van der Waals surface area contributed by atoms with E-state index in [4.69, 9.17) is 20.1 Å². The van der Waals surface area contributed by atoms with Gasteiger partial charge in [0.25, 0.3) is 7.52 Å². The van der Waals surface area contributed by atoms with Gasteiger partial charge < -0.3 is 24.7 Å². The zero-order valence-corrected chi connectivity index (χ0v) is 13.7. The van der Waals surface area contributed by atoms with E-state index in [-0.39, 0.29) is 24.9 Å². The standard InChI is InChI=1S/C12H17N6O5P/c1-7(12(19)20)17-24(21)6-22-8(3-23-24)2-18-5-16-9-10(13)14-4-15-11(9)18/h4-5,7-8H,2-3,6H2,1H3,(H,17,21)(H,19,20)(H2,13,14,15)/t7-,8-,24?/m0/s1. The number of carbonyl (C=O) groups is 1. The molecule has 0 spiro atoms. The monoisotopic (exact) mass is 356 g/mol. The van der Waals surface area contributed by atoms with Gasteiger partial charge in [0.15, 0.2) is 11.5 Å². The third-order valence-electron chi connectivity index (χ3n) is 3.54. The Balaban J connectivity index is 1.64. The predicted octanol–water partition coefficient (Wildman–Crippen LogP) is 0.0372. The molecule has 2 aromatic rings. The summed E-state index contributed by atoms with van der Waals surface area (Å²) in [7, 11) is -3.33. The summed E-state index contributed by atoms with van der Waals surface area (Å²) in [5.74, 6) is -0.825. The van der Waals surface area contributed by atoms with Crippen LogP contribution in [0.4, 0.5) is 5.82 Å². The molecule has 3 atom stereocenters. The fraction of sp³-hybridized carbons (Fsp3) is 0.500. The van der Waals surface area contributed by atoms with Crippen LogP contribution in [0.3, 0.4) is 0 Å². The summed E-state index contributed by atoms with van der Waals surface area (Å²) in [6.07, 6.45) is 2.33. The van der Waals surface area contributed by atoms with E-state index < -0.39 is 19.5 Å². The molecule has 1 saturated heterocycles. The molecule has 1 aliphatic heterocycles. The molecule has 24 heavy (non-hydrogen) atoms. The first-order valence-electron chi connectivity index (χ1n) is 7.15. The minimum atomic E-state index is -3.33. The summed E-state index contributed by atoms with van der Waals surface area (Å²) < 4.78 is 25.0. The highest BCUT2D eigenvalue weighted by molar-refractivity contribution is 7.56. The maximum absolute atomic E-state index is 12.4. The van der Waals surface area contributed by atoms with E-state index >= 15 is 0 Å². The third-order valence-corrected chi connectivity index (χ3v) is 5.38. The van der Waals surface area contributed by atoms with Gasteiger partial charge in [-0.3, -0.25) is 9.36 Å². The van der Waals surface area contributed by atoms with Gasteiger partial charge in [0.1, 0.15) is 30.3 Å². The minimum absolute atomic E-state index is 0.0524. The summed E-state index contributed by atoms with van der Waals surface area (Å²) in [5.41, 5.74) is 6.80. The number of anilines is 1. The fourth-order valence-electron chi connectivity index (χ4n) is 2.27. The number of nitrogens with two attached hydrogens (primary N) is 1. The van der Waals surface area contributed by atoms with E-state index in [1.54, 1.807) is 10.9 Å². The lowest BCUT2D eigenvalue weighted by Crippen LogP contribution is -2.38. The molecule has 4 N–H and O–H groups in total. The van der Waals surface area contributed by atoms with Gasteiger partial charge in [-0.25, -0.2) is 20.0 Å². The molecule has 0 amide bonds. The molecule has 0 bridgehead atoms. The van der Waals surface area contributed by atoms with E-state index in [1.807, 2.05) is 0 Å². The van der Waals surface area contributed by atoms with Crippen LogP contribution in [-0.2, 0) is 25.2 Å². The SMILES string of the molecule is C[C@H](NP1(=O)CO[C@@H](Cn2cnc3c(N)ncnc32)CO1)C(=O)O. The molecule has 0 aromatic carbocycles. The Morgan fingerprint density at radius 1 is 1.58 bits per heavy atom. The van der Waals surface area contributed by atoms with Gasteiger partial charge in [-0.1, -0.05) is 0 Å². The number of hydrogen-bond donors (Lipinski definition) is 3. The third kappa shape index (κ3) is 3.39. The van der Waals surface area contributed by atoms with E-state index in [2.05, 4.69) is 20.0 Å². The summed E-state index contributed by atoms with van der Waals surface area (Å²) in [5, 5.41) is 11.3. The molecule has 130 valence electrons. The Hall–Kier alpha value is -2.07. The maximum atomic E-state index is 12.4. The van der Waals surface area contributed by atoms with Crippen LogP contribution < -0.4 is 10.8 Å². The summed E-state index contributed by atoms with van der Waals surface area (Å²) in [6, 6.07) is -0.992. The molecule has 0 radical (unpaired) electrons. The number of imidazole rings is 1. The fourth-order valence-corrected chi connectivity index (χ4v) is 4.01. The van der Waals surface area contributed by atoms with Crippen LogP contribution >= 0.6 is 7.52 Å². The molecular formula is C12H17N6O5P. The first-order chi connectivity index (χ1) is 11.4. The molecular weight excluding hydrogens is 339 g/mol. The highest BCUT2D eigenvalue weighted by atomic mass is 31.2. The van der Waals surface area contributed by atoms with Crippen LogP contribution in [0.5, 0.6) is 0 Å². The number of nitrogen functional groups attached to an aromatic ring is 1. The van der Waals surface area contributed by atoms with Gasteiger partial charge >= 0.3 is 5.97 Å². The van der Waals surface area contributed by atoms with E-state index in [1.165, 1.54) is 13.3 Å². The first kappa shape index (κ1) is 16.8. The van der Waals surface area contributed by atoms with Crippen LogP contribution in [0.1, 0.15) is 6.92 Å². The van der Waals surface area contributed by atoms with Crippen molar-refractivity contribution in [3.05, 3.63) is 12.7 Å². The zero-order valence-electron chi connectivity index (χ0n) is 12.8. The average Bonchev–Trinajstić information content (AvgIpc) is 2.94. The smallest absolute Gasteiger partial charge is 0.320 e. The Kier molecular flexibility index (Phi) is 4.50. The van der Waals surface area contributed by atoms with Gasteiger partial charge in [0.05, 0.1) is 19.5 Å². The normalized spacial score (nSPS) is 25.6. The second-order valence-corrected chi connectivity index (χ2v) is 7.53. The van der Waals surface area contributed by atoms with Crippen LogP contribution in [0.25, 0.3) is 11.2 Å². The van der Waals surface area contributed by atoms with Crippen LogP contribution in [0.15, 0.2) is 12.7 Å². The van der Waals surface area contributed by atoms with Gasteiger partial charge in [-0.2, -0.15) is 0 Å². The number of hydrogen-bond acceptors (Lipinski definition) is 8.